The van der Waals surface area contributed by atoms with Gasteiger partial charge in [-0.3, -0.25) is 4.98 Å². The molecule has 5 heteroatoms. The molecule has 1 saturated heterocycles. The molecule has 0 aliphatic carbocycles. The summed E-state index contributed by atoms with van der Waals surface area (Å²) in [5, 5.41) is 11.3. The summed E-state index contributed by atoms with van der Waals surface area (Å²) < 4.78 is 27.4. The SMILES string of the molecule is OCC1(Cc2ccc(F)cc2F)CCCN(c2ccnc3ccccc23)C1. The van der Waals surface area contributed by atoms with E-state index >= 15 is 0 Å². The first-order chi connectivity index (χ1) is 13.1. The number of para-hydroxylation sites is 1. The van der Waals surface area contributed by atoms with E-state index in [2.05, 4.69) is 9.88 Å². The molecule has 0 bridgehead atoms. The summed E-state index contributed by atoms with van der Waals surface area (Å²) in [5.74, 6) is -1.13. The zero-order chi connectivity index (χ0) is 18.9. The number of benzene rings is 2. The van der Waals surface area contributed by atoms with Crippen LogP contribution in [0.4, 0.5) is 14.5 Å². The highest BCUT2D eigenvalue weighted by atomic mass is 19.1. The Kier molecular flexibility index (Phi) is 4.79. The number of fused-ring (bicyclic) bond motifs is 1. The van der Waals surface area contributed by atoms with E-state index in [4.69, 9.17) is 0 Å². The molecule has 2 heterocycles. The van der Waals surface area contributed by atoms with Crippen LogP contribution in [0, 0.1) is 17.0 Å². The fourth-order valence-electron chi connectivity index (χ4n) is 4.17. The van der Waals surface area contributed by atoms with Gasteiger partial charge in [-0.1, -0.05) is 24.3 Å². The van der Waals surface area contributed by atoms with Crippen LogP contribution in [0.2, 0.25) is 0 Å². The summed E-state index contributed by atoms with van der Waals surface area (Å²) in [4.78, 5) is 6.67. The van der Waals surface area contributed by atoms with Gasteiger partial charge in [0.05, 0.1) is 12.1 Å². The van der Waals surface area contributed by atoms with Crippen LogP contribution >= 0.6 is 0 Å². The van der Waals surface area contributed by atoms with Gasteiger partial charge in [0.1, 0.15) is 11.6 Å². The zero-order valence-corrected chi connectivity index (χ0v) is 15.0. The van der Waals surface area contributed by atoms with Gasteiger partial charge in [-0.05, 0) is 43.0 Å². The number of rotatable bonds is 4. The Balaban J connectivity index is 1.65. The maximum Gasteiger partial charge on any atom is 0.129 e. The fraction of sp³-hybridized carbons (Fsp3) is 0.318. The standard InChI is InChI=1S/C22H22F2N2O/c23-17-7-6-16(19(24)12-17)13-22(15-27)9-3-11-26(14-22)21-8-10-25-20-5-2-1-4-18(20)21/h1-2,4-8,10,12,27H,3,9,11,13-15H2. The Hall–Kier alpha value is -2.53. The van der Waals surface area contributed by atoms with Gasteiger partial charge in [0.2, 0.25) is 0 Å². The van der Waals surface area contributed by atoms with Crippen molar-refractivity contribution in [1.82, 2.24) is 4.98 Å². The largest absolute Gasteiger partial charge is 0.396 e. The van der Waals surface area contributed by atoms with E-state index in [0.717, 1.165) is 42.0 Å². The van der Waals surface area contributed by atoms with Crippen LogP contribution < -0.4 is 4.90 Å². The first-order valence-corrected chi connectivity index (χ1v) is 9.24. The lowest BCUT2D eigenvalue weighted by Crippen LogP contribution is -2.47. The zero-order valence-electron chi connectivity index (χ0n) is 15.0. The van der Waals surface area contributed by atoms with Crippen LogP contribution in [-0.4, -0.2) is 29.8 Å². The summed E-state index contributed by atoms with van der Waals surface area (Å²) in [6.45, 7) is 1.46. The van der Waals surface area contributed by atoms with Crippen LogP contribution in [0.1, 0.15) is 18.4 Å². The molecule has 0 spiro atoms. The molecule has 3 nitrogen and oxygen atoms in total. The van der Waals surface area contributed by atoms with Crippen molar-refractivity contribution in [1.29, 1.82) is 0 Å². The minimum absolute atomic E-state index is 0.0384. The van der Waals surface area contributed by atoms with Crippen molar-refractivity contribution in [3.05, 3.63) is 71.9 Å². The van der Waals surface area contributed by atoms with E-state index in [0.29, 0.717) is 18.5 Å². The molecular weight excluding hydrogens is 346 g/mol. The Labute approximate surface area is 157 Å². The molecule has 1 N–H and O–H groups in total. The quantitative estimate of drug-likeness (QED) is 0.744. The lowest BCUT2D eigenvalue weighted by Gasteiger charge is -2.43. The molecule has 3 aromatic rings. The van der Waals surface area contributed by atoms with Crippen molar-refractivity contribution in [2.45, 2.75) is 19.3 Å². The number of hydrogen-bond acceptors (Lipinski definition) is 3. The molecule has 2 aromatic carbocycles. The average Bonchev–Trinajstić information content (AvgIpc) is 2.70. The van der Waals surface area contributed by atoms with E-state index in [1.165, 1.54) is 12.1 Å². The van der Waals surface area contributed by atoms with Gasteiger partial charge in [0.15, 0.2) is 0 Å². The highest BCUT2D eigenvalue weighted by Crippen LogP contribution is 2.37. The van der Waals surface area contributed by atoms with Crippen molar-refractivity contribution in [3.63, 3.8) is 0 Å². The molecule has 1 atom stereocenters. The van der Waals surface area contributed by atoms with E-state index < -0.39 is 17.0 Å². The lowest BCUT2D eigenvalue weighted by atomic mass is 9.75. The molecule has 1 fully saturated rings. The third kappa shape index (κ3) is 3.52. The number of anilines is 1. The van der Waals surface area contributed by atoms with Gasteiger partial charge in [-0.15, -0.1) is 0 Å². The van der Waals surface area contributed by atoms with Gasteiger partial charge in [-0.25, -0.2) is 8.78 Å². The molecule has 0 amide bonds. The van der Waals surface area contributed by atoms with Crippen molar-refractivity contribution in [3.8, 4) is 0 Å². The second kappa shape index (κ2) is 7.24. The second-order valence-electron chi connectivity index (χ2n) is 7.44. The molecule has 1 aliphatic heterocycles. The van der Waals surface area contributed by atoms with E-state index in [1.807, 2.05) is 30.3 Å². The van der Waals surface area contributed by atoms with Gasteiger partial charge in [0.25, 0.3) is 0 Å². The predicted molar refractivity (Wildman–Crippen MR) is 103 cm³/mol. The van der Waals surface area contributed by atoms with Crippen molar-refractivity contribution in [2.24, 2.45) is 5.41 Å². The number of halogens is 2. The van der Waals surface area contributed by atoms with Crippen LogP contribution in [0.15, 0.2) is 54.7 Å². The number of nitrogens with zero attached hydrogens (tertiary/aromatic N) is 2. The number of aromatic nitrogens is 1. The van der Waals surface area contributed by atoms with Gasteiger partial charge in [-0.2, -0.15) is 0 Å². The highest BCUT2D eigenvalue weighted by molar-refractivity contribution is 5.91. The van der Waals surface area contributed by atoms with Crippen LogP contribution in [0.25, 0.3) is 10.9 Å². The van der Waals surface area contributed by atoms with Crippen LogP contribution in [0.3, 0.4) is 0 Å². The Morgan fingerprint density at radius 1 is 1.11 bits per heavy atom. The van der Waals surface area contributed by atoms with Crippen LogP contribution in [0.5, 0.6) is 0 Å². The van der Waals surface area contributed by atoms with Crippen LogP contribution in [-0.2, 0) is 6.42 Å². The smallest absolute Gasteiger partial charge is 0.129 e. The molecule has 1 aliphatic rings. The minimum atomic E-state index is -0.581. The predicted octanol–water partition coefficient (Wildman–Crippen LogP) is 4.33. The molecule has 1 aromatic heterocycles. The topological polar surface area (TPSA) is 36.4 Å². The molecule has 140 valence electrons. The molecular formula is C22H22F2N2O. The van der Waals surface area contributed by atoms with Crippen molar-refractivity contribution < 1.29 is 13.9 Å². The Morgan fingerprint density at radius 2 is 1.96 bits per heavy atom. The third-order valence-electron chi connectivity index (χ3n) is 5.54. The summed E-state index contributed by atoms with van der Waals surface area (Å²) >= 11 is 0. The van der Waals surface area contributed by atoms with Gasteiger partial charge >= 0.3 is 0 Å². The van der Waals surface area contributed by atoms with E-state index in [-0.39, 0.29) is 6.61 Å². The summed E-state index contributed by atoms with van der Waals surface area (Å²) in [6.07, 6.45) is 3.89. The Morgan fingerprint density at radius 3 is 2.78 bits per heavy atom. The number of hydrogen-bond donors (Lipinski definition) is 1. The molecule has 1 unspecified atom stereocenters. The third-order valence-corrected chi connectivity index (χ3v) is 5.54. The highest BCUT2D eigenvalue weighted by Gasteiger charge is 2.36. The summed E-state index contributed by atoms with van der Waals surface area (Å²) in [6, 6.07) is 13.7. The first-order valence-electron chi connectivity index (χ1n) is 9.24. The number of aliphatic hydroxyl groups excluding tert-OH is 1. The monoisotopic (exact) mass is 368 g/mol. The molecule has 4 rings (SSSR count). The molecule has 0 radical (unpaired) electrons. The Bertz CT molecular complexity index is 957. The fourth-order valence-corrected chi connectivity index (χ4v) is 4.17. The number of aliphatic hydroxyl groups is 1. The maximum absolute atomic E-state index is 14.2. The first kappa shape index (κ1) is 17.9. The molecule has 27 heavy (non-hydrogen) atoms. The molecule has 0 saturated carbocycles. The number of piperidine rings is 1. The van der Waals surface area contributed by atoms with E-state index in [1.54, 1.807) is 6.20 Å². The summed E-state index contributed by atoms with van der Waals surface area (Å²) in [7, 11) is 0. The van der Waals surface area contributed by atoms with Crippen molar-refractivity contribution >= 4 is 16.6 Å². The van der Waals surface area contributed by atoms with Gasteiger partial charge < -0.3 is 10.0 Å². The maximum atomic E-state index is 14.2. The lowest BCUT2D eigenvalue weighted by molar-refractivity contribution is 0.104. The van der Waals surface area contributed by atoms with E-state index in [9.17, 15) is 13.9 Å². The van der Waals surface area contributed by atoms with Crippen molar-refractivity contribution in [2.75, 3.05) is 24.6 Å². The average molecular weight is 368 g/mol. The second-order valence-corrected chi connectivity index (χ2v) is 7.44. The summed E-state index contributed by atoms with van der Waals surface area (Å²) in [5.41, 5.74) is 2.01. The van der Waals surface area contributed by atoms with Gasteiger partial charge in [0, 0.05) is 41.8 Å². The normalized spacial score (nSPS) is 20.2. The minimum Gasteiger partial charge on any atom is -0.396 e. The number of pyridine rings is 1.